The Kier molecular flexibility index (Phi) is 3.26. The fourth-order valence-corrected chi connectivity index (χ4v) is 2.27. The van der Waals surface area contributed by atoms with Crippen LogP contribution >= 0.6 is 0 Å². The third kappa shape index (κ3) is 2.63. The minimum absolute atomic E-state index is 0.0143. The van der Waals surface area contributed by atoms with Gasteiger partial charge in [-0.2, -0.15) is 0 Å². The van der Waals surface area contributed by atoms with Gasteiger partial charge in [-0.05, 0) is 32.6 Å². The molecule has 1 aliphatic heterocycles. The van der Waals surface area contributed by atoms with Crippen LogP contribution < -0.4 is 5.32 Å². The minimum atomic E-state index is 0.0143. The highest BCUT2D eigenvalue weighted by atomic mass is 16.2. The van der Waals surface area contributed by atoms with Crippen molar-refractivity contribution in [2.45, 2.75) is 38.8 Å². The monoisotopic (exact) mass is 263 g/mol. The molecule has 1 saturated heterocycles. The molecule has 0 atom stereocenters. The van der Waals surface area contributed by atoms with Gasteiger partial charge in [0.15, 0.2) is 5.69 Å². The highest BCUT2D eigenvalue weighted by Gasteiger charge is 2.30. The number of nitrogens with zero attached hydrogens (tertiary/aromatic N) is 4. The minimum Gasteiger partial charge on any atom is -0.334 e. The van der Waals surface area contributed by atoms with Gasteiger partial charge in [-0.3, -0.25) is 4.79 Å². The predicted molar refractivity (Wildman–Crippen MR) is 70.8 cm³/mol. The van der Waals surface area contributed by atoms with Crippen molar-refractivity contribution in [2.75, 3.05) is 19.6 Å². The van der Waals surface area contributed by atoms with Gasteiger partial charge < -0.3 is 10.2 Å². The van der Waals surface area contributed by atoms with E-state index in [9.17, 15) is 4.79 Å². The number of hydrogen-bond acceptors (Lipinski definition) is 4. The summed E-state index contributed by atoms with van der Waals surface area (Å²) in [6, 6.07) is 0.564. The number of rotatable bonds is 5. The average molecular weight is 263 g/mol. The normalized spacial score (nSPS) is 19.5. The Bertz CT molecular complexity index is 461. The van der Waals surface area contributed by atoms with Crippen molar-refractivity contribution in [1.29, 1.82) is 0 Å². The first-order chi connectivity index (χ1) is 9.15. The van der Waals surface area contributed by atoms with Gasteiger partial charge in [0.2, 0.25) is 0 Å². The van der Waals surface area contributed by atoms with Crippen LogP contribution in [0.15, 0.2) is 6.20 Å². The Morgan fingerprint density at radius 3 is 2.79 bits per heavy atom. The van der Waals surface area contributed by atoms with Crippen molar-refractivity contribution in [2.24, 2.45) is 5.92 Å². The number of carbonyl (C=O) groups excluding carboxylic acids is 1. The highest BCUT2D eigenvalue weighted by molar-refractivity contribution is 5.92. The fourth-order valence-electron chi connectivity index (χ4n) is 2.27. The van der Waals surface area contributed by atoms with E-state index in [-0.39, 0.29) is 11.9 Å². The summed E-state index contributed by atoms with van der Waals surface area (Å²) in [5, 5.41) is 11.3. The van der Waals surface area contributed by atoms with E-state index in [1.807, 2.05) is 4.90 Å². The first-order valence-corrected chi connectivity index (χ1v) is 7.08. The number of aromatic nitrogens is 3. The summed E-state index contributed by atoms with van der Waals surface area (Å²) in [6.45, 7) is 6.79. The van der Waals surface area contributed by atoms with Crippen LogP contribution in [-0.2, 0) is 0 Å². The van der Waals surface area contributed by atoms with Crippen molar-refractivity contribution in [3.8, 4) is 0 Å². The smallest absolute Gasteiger partial charge is 0.276 e. The Hall–Kier alpha value is -1.43. The van der Waals surface area contributed by atoms with Gasteiger partial charge in [0.05, 0.1) is 12.2 Å². The quantitative estimate of drug-likeness (QED) is 0.848. The molecule has 6 heteroatoms. The van der Waals surface area contributed by atoms with Crippen LogP contribution in [0.2, 0.25) is 0 Å². The molecule has 104 valence electrons. The second-order valence-electron chi connectivity index (χ2n) is 5.89. The van der Waals surface area contributed by atoms with Crippen LogP contribution in [0.25, 0.3) is 0 Å². The summed E-state index contributed by atoms with van der Waals surface area (Å²) in [5.74, 6) is 0.706. The molecule has 1 aromatic heterocycles. The largest absolute Gasteiger partial charge is 0.334 e. The molecule has 1 saturated carbocycles. The lowest BCUT2D eigenvalue weighted by Gasteiger charge is -2.27. The lowest BCUT2D eigenvalue weighted by Crippen LogP contribution is -2.43. The number of carbonyl (C=O) groups is 1. The van der Waals surface area contributed by atoms with Crippen LogP contribution in [0, 0.1) is 5.92 Å². The van der Waals surface area contributed by atoms with Crippen molar-refractivity contribution in [3.05, 3.63) is 11.9 Å². The topological polar surface area (TPSA) is 63.1 Å². The number of nitrogens with one attached hydrogen (secondary N) is 1. The van der Waals surface area contributed by atoms with Gasteiger partial charge in [0.25, 0.3) is 5.91 Å². The molecule has 1 aromatic rings. The van der Waals surface area contributed by atoms with E-state index in [1.54, 1.807) is 10.9 Å². The van der Waals surface area contributed by atoms with Crippen molar-refractivity contribution in [3.63, 3.8) is 0 Å². The van der Waals surface area contributed by atoms with E-state index in [0.717, 1.165) is 19.6 Å². The van der Waals surface area contributed by atoms with E-state index in [1.165, 1.54) is 12.8 Å². The van der Waals surface area contributed by atoms with E-state index >= 15 is 0 Å². The molecule has 0 unspecified atom stereocenters. The van der Waals surface area contributed by atoms with Gasteiger partial charge >= 0.3 is 0 Å². The van der Waals surface area contributed by atoms with Gasteiger partial charge in [0, 0.05) is 25.7 Å². The molecule has 1 amide bonds. The molecule has 2 aliphatic rings. The van der Waals surface area contributed by atoms with Gasteiger partial charge in [-0.15, -0.1) is 5.10 Å². The number of amides is 1. The van der Waals surface area contributed by atoms with Gasteiger partial charge in [-0.1, -0.05) is 5.21 Å². The lowest BCUT2D eigenvalue weighted by molar-refractivity contribution is 0.0690. The lowest BCUT2D eigenvalue weighted by atomic mass is 10.2. The summed E-state index contributed by atoms with van der Waals surface area (Å²) in [5.41, 5.74) is 0.473. The Morgan fingerprint density at radius 1 is 1.53 bits per heavy atom. The van der Waals surface area contributed by atoms with Crippen LogP contribution in [0.1, 0.15) is 43.2 Å². The predicted octanol–water partition coefficient (Wildman–Crippen LogP) is 0.683. The van der Waals surface area contributed by atoms with Crippen LogP contribution in [0.4, 0.5) is 0 Å². The first-order valence-electron chi connectivity index (χ1n) is 7.08. The Balaban J connectivity index is 1.71. The molecule has 0 bridgehead atoms. The number of hydrogen-bond donors (Lipinski definition) is 1. The molecule has 0 radical (unpaired) electrons. The second-order valence-corrected chi connectivity index (χ2v) is 5.89. The zero-order chi connectivity index (χ0) is 13.4. The van der Waals surface area contributed by atoms with Gasteiger partial charge in [-0.25, -0.2) is 4.68 Å². The molecule has 0 spiro atoms. The second kappa shape index (κ2) is 4.92. The molecule has 1 aliphatic carbocycles. The third-order valence-corrected chi connectivity index (χ3v) is 3.90. The summed E-state index contributed by atoms with van der Waals surface area (Å²) in [4.78, 5) is 14.4. The van der Waals surface area contributed by atoms with E-state index in [4.69, 9.17) is 0 Å². The maximum absolute atomic E-state index is 12.5. The van der Waals surface area contributed by atoms with E-state index in [0.29, 0.717) is 17.7 Å². The molecule has 1 N–H and O–H groups in total. The SMILES string of the molecule is CC(C)N(CC1CC1)C(=O)c1cn(C2CNC2)nn1. The molecular formula is C13H21N5O. The Labute approximate surface area is 113 Å². The molecule has 19 heavy (non-hydrogen) atoms. The molecule has 2 fully saturated rings. The maximum Gasteiger partial charge on any atom is 0.276 e. The van der Waals surface area contributed by atoms with Crippen molar-refractivity contribution >= 4 is 5.91 Å². The average Bonchev–Trinajstić information content (AvgIpc) is 3.00. The van der Waals surface area contributed by atoms with Gasteiger partial charge in [0.1, 0.15) is 0 Å². The summed E-state index contributed by atoms with van der Waals surface area (Å²) < 4.78 is 1.80. The Morgan fingerprint density at radius 2 is 2.26 bits per heavy atom. The molecular weight excluding hydrogens is 242 g/mol. The van der Waals surface area contributed by atoms with Crippen LogP contribution in [-0.4, -0.2) is 51.5 Å². The highest BCUT2D eigenvalue weighted by Crippen LogP contribution is 2.30. The summed E-state index contributed by atoms with van der Waals surface area (Å²) >= 11 is 0. The molecule has 3 rings (SSSR count). The summed E-state index contributed by atoms with van der Waals surface area (Å²) in [6.07, 6.45) is 4.28. The van der Waals surface area contributed by atoms with E-state index in [2.05, 4.69) is 29.5 Å². The summed E-state index contributed by atoms with van der Waals surface area (Å²) in [7, 11) is 0. The van der Waals surface area contributed by atoms with Crippen molar-refractivity contribution < 1.29 is 4.79 Å². The zero-order valence-corrected chi connectivity index (χ0v) is 11.5. The molecule has 0 aromatic carbocycles. The fraction of sp³-hybridized carbons (Fsp3) is 0.769. The maximum atomic E-state index is 12.5. The van der Waals surface area contributed by atoms with Crippen LogP contribution in [0.5, 0.6) is 0 Å². The van der Waals surface area contributed by atoms with Crippen LogP contribution in [0.3, 0.4) is 0 Å². The molecule has 2 heterocycles. The van der Waals surface area contributed by atoms with Crippen molar-refractivity contribution in [1.82, 2.24) is 25.2 Å². The standard InChI is InChI=1S/C13H21N5O/c1-9(2)17(7-10-3-4-10)13(19)12-8-18(16-15-12)11-5-14-6-11/h8-11,14H,3-7H2,1-2H3. The third-order valence-electron chi connectivity index (χ3n) is 3.90. The van der Waals surface area contributed by atoms with E-state index < -0.39 is 0 Å². The zero-order valence-electron chi connectivity index (χ0n) is 11.5. The first kappa shape index (κ1) is 12.6. The molecule has 6 nitrogen and oxygen atoms in total.